The summed E-state index contributed by atoms with van der Waals surface area (Å²) in [7, 11) is 1.98. The Labute approximate surface area is 153 Å². The van der Waals surface area contributed by atoms with E-state index in [1.54, 1.807) is 6.08 Å². The van der Waals surface area contributed by atoms with Crippen molar-refractivity contribution in [3.05, 3.63) is 59.3 Å². The van der Waals surface area contributed by atoms with Gasteiger partial charge in [0.05, 0.1) is 5.54 Å². The molecular weight excluding hydrogens is 306 g/mol. The second-order valence-electron chi connectivity index (χ2n) is 6.41. The summed E-state index contributed by atoms with van der Waals surface area (Å²) in [6.07, 6.45) is 11.2. The molecule has 0 aromatic carbocycles. The highest BCUT2D eigenvalue weighted by atomic mass is 15.3. The van der Waals surface area contributed by atoms with E-state index in [0.717, 1.165) is 29.7 Å². The third-order valence-electron chi connectivity index (χ3n) is 4.66. The molecule has 0 spiro atoms. The zero-order valence-electron chi connectivity index (χ0n) is 16.5. The van der Waals surface area contributed by atoms with Gasteiger partial charge < -0.3 is 10.6 Å². The molecule has 2 N–H and O–H groups in total. The van der Waals surface area contributed by atoms with Crippen molar-refractivity contribution in [2.45, 2.75) is 46.6 Å². The maximum Gasteiger partial charge on any atom is 0.191 e. The van der Waals surface area contributed by atoms with Gasteiger partial charge in [-0.2, -0.15) is 0 Å². The first-order valence-electron chi connectivity index (χ1n) is 8.66. The molecule has 1 unspecified atom stereocenters. The molecule has 1 heterocycles. The number of aliphatic imine (C=N–C) groups is 1. The van der Waals surface area contributed by atoms with Crippen molar-refractivity contribution in [3.63, 3.8) is 0 Å². The summed E-state index contributed by atoms with van der Waals surface area (Å²) in [5, 5.41) is 0. The van der Waals surface area contributed by atoms with Gasteiger partial charge in [0, 0.05) is 19.2 Å². The van der Waals surface area contributed by atoms with Crippen LogP contribution in [-0.2, 0) is 0 Å². The first-order valence-corrected chi connectivity index (χ1v) is 8.66. The number of allylic oxidation sites excluding steroid dienone is 8. The molecule has 0 aromatic heterocycles. The van der Waals surface area contributed by atoms with Gasteiger partial charge in [-0.3, -0.25) is 0 Å². The molecule has 1 rings (SSSR count). The molecule has 0 aromatic rings. The Morgan fingerprint density at radius 2 is 1.88 bits per heavy atom. The van der Waals surface area contributed by atoms with Gasteiger partial charge in [0.15, 0.2) is 5.96 Å². The molecule has 0 saturated carbocycles. The smallest absolute Gasteiger partial charge is 0.191 e. The molecule has 0 aliphatic carbocycles. The monoisotopic (exact) mass is 337 g/mol. The van der Waals surface area contributed by atoms with Gasteiger partial charge in [-0.15, -0.1) is 5.92 Å². The molecule has 0 amide bonds. The van der Waals surface area contributed by atoms with Crippen LogP contribution < -0.4 is 5.73 Å². The molecule has 134 valence electrons. The quantitative estimate of drug-likeness (QED) is 0.598. The Hall–Kier alpha value is -2.47. The second kappa shape index (κ2) is 9.13. The first kappa shape index (κ1) is 20.6. The largest absolute Gasteiger partial charge is 0.370 e. The Morgan fingerprint density at radius 3 is 2.36 bits per heavy atom. The molecule has 1 aliphatic heterocycles. The van der Waals surface area contributed by atoms with Crippen molar-refractivity contribution in [1.82, 2.24) is 4.90 Å². The first-order chi connectivity index (χ1) is 11.8. The number of nitrogens with zero attached hydrogens (tertiary/aromatic N) is 2. The molecule has 3 nitrogen and oxygen atoms in total. The van der Waals surface area contributed by atoms with Gasteiger partial charge in [-0.25, -0.2) is 4.99 Å². The lowest BCUT2D eigenvalue weighted by Crippen LogP contribution is -2.45. The fraction of sp³-hybridized carbons (Fsp3) is 0.409. The number of guanidine groups is 1. The summed E-state index contributed by atoms with van der Waals surface area (Å²) in [6.45, 7) is 14.9. The van der Waals surface area contributed by atoms with Crippen LogP contribution in [0, 0.1) is 11.8 Å². The van der Waals surface area contributed by atoms with Crippen LogP contribution in [-0.4, -0.2) is 30.0 Å². The SMILES string of the molecule is C=C\C(C#CC)=C/C(=C\C)C(=C/C)/C=C(\C)C1(C)CCN(C)C(N)=N1. The van der Waals surface area contributed by atoms with Gasteiger partial charge in [-0.05, 0) is 63.8 Å². The predicted molar refractivity (Wildman–Crippen MR) is 110 cm³/mol. The van der Waals surface area contributed by atoms with E-state index in [1.807, 2.05) is 32.7 Å². The van der Waals surface area contributed by atoms with Crippen LogP contribution in [0.4, 0.5) is 0 Å². The third kappa shape index (κ3) is 5.26. The van der Waals surface area contributed by atoms with E-state index < -0.39 is 0 Å². The van der Waals surface area contributed by atoms with Crippen LogP contribution in [0.2, 0.25) is 0 Å². The van der Waals surface area contributed by atoms with Gasteiger partial charge in [0.25, 0.3) is 0 Å². The fourth-order valence-corrected chi connectivity index (χ4v) is 2.69. The minimum Gasteiger partial charge on any atom is -0.370 e. The van der Waals surface area contributed by atoms with Crippen molar-refractivity contribution in [2.24, 2.45) is 10.7 Å². The molecule has 0 saturated heterocycles. The van der Waals surface area contributed by atoms with Crippen molar-refractivity contribution < 1.29 is 0 Å². The Bertz CT molecular complexity index is 720. The molecule has 0 fully saturated rings. The number of rotatable bonds is 5. The van der Waals surface area contributed by atoms with E-state index >= 15 is 0 Å². The summed E-state index contributed by atoms with van der Waals surface area (Å²) >= 11 is 0. The highest BCUT2D eigenvalue weighted by molar-refractivity contribution is 5.79. The van der Waals surface area contributed by atoms with E-state index in [1.165, 1.54) is 5.57 Å². The van der Waals surface area contributed by atoms with Crippen molar-refractivity contribution in [1.29, 1.82) is 0 Å². The zero-order chi connectivity index (χ0) is 19.0. The highest BCUT2D eigenvalue weighted by Gasteiger charge is 2.30. The molecule has 3 heteroatoms. The maximum atomic E-state index is 6.05. The van der Waals surface area contributed by atoms with E-state index in [4.69, 9.17) is 10.7 Å². The Kier molecular flexibility index (Phi) is 7.51. The number of hydrogen-bond acceptors (Lipinski definition) is 3. The average Bonchev–Trinajstić information content (AvgIpc) is 2.60. The van der Waals surface area contributed by atoms with Crippen molar-refractivity contribution in [3.8, 4) is 11.8 Å². The standard InChI is InChI=1S/C22H31N3/c1-8-12-18(9-2)16-20(11-4)19(10-3)15-17(5)22(6)13-14-25(7)21(23)24-22/h9-11,15-16H,2,13-14H2,1,3-7H3,(H2,23,24)/b17-15+,18-16+,19-10+,20-11+. The van der Waals surface area contributed by atoms with Crippen LogP contribution >= 0.6 is 0 Å². The average molecular weight is 338 g/mol. The zero-order valence-corrected chi connectivity index (χ0v) is 16.5. The Morgan fingerprint density at radius 1 is 1.28 bits per heavy atom. The summed E-state index contributed by atoms with van der Waals surface area (Å²) in [6, 6.07) is 0. The van der Waals surface area contributed by atoms with Crippen LogP contribution in [0.25, 0.3) is 0 Å². The topological polar surface area (TPSA) is 41.6 Å². The van der Waals surface area contributed by atoms with E-state index in [9.17, 15) is 0 Å². The van der Waals surface area contributed by atoms with Crippen LogP contribution in [0.15, 0.2) is 64.2 Å². The molecule has 1 aliphatic rings. The van der Waals surface area contributed by atoms with Gasteiger partial charge >= 0.3 is 0 Å². The molecule has 25 heavy (non-hydrogen) atoms. The minimum atomic E-state index is -0.266. The number of nitrogens with two attached hydrogens (primary N) is 1. The molecular formula is C22H31N3. The lowest BCUT2D eigenvalue weighted by molar-refractivity contribution is 0.367. The third-order valence-corrected chi connectivity index (χ3v) is 4.66. The molecule has 1 atom stereocenters. The van der Waals surface area contributed by atoms with Crippen LogP contribution in [0.1, 0.15) is 41.0 Å². The summed E-state index contributed by atoms with van der Waals surface area (Å²) in [5.41, 5.74) is 10.2. The molecule has 0 bridgehead atoms. The summed E-state index contributed by atoms with van der Waals surface area (Å²) < 4.78 is 0. The van der Waals surface area contributed by atoms with E-state index in [2.05, 4.69) is 56.6 Å². The van der Waals surface area contributed by atoms with E-state index in [0.29, 0.717) is 5.96 Å². The number of hydrogen-bond donors (Lipinski definition) is 1. The second-order valence-corrected chi connectivity index (χ2v) is 6.41. The lowest BCUT2D eigenvalue weighted by atomic mass is 9.86. The predicted octanol–water partition coefficient (Wildman–Crippen LogP) is 4.37. The minimum absolute atomic E-state index is 0.266. The van der Waals surface area contributed by atoms with Gasteiger partial charge in [-0.1, -0.05) is 36.8 Å². The van der Waals surface area contributed by atoms with Crippen LogP contribution in [0.5, 0.6) is 0 Å². The fourth-order valence-electron chi connectivity index (χ4n) is 2.69. The van der Waals surface area contributed by atoms with E-state index in [-0.39, 0.29) is 5.54 Å². The lowest BCUT2D eigenvalue weighted by Gasteiger charge is -2.35. The van der Waals surface area contributed by atoms with Gasteiger partial charge in [0.2, 0.25) is 0 Å². The maximum absolute atomic E-state index is 6.05. The van der Waals surface area contributed by atoms with Crippen molar-refractivity contribution in [2.75, 3.05) is 13.6 Å². The molecule has 0 radical (unpaired) electrons. The van der Waals surface area contributed by atoms with Gasteiger partial charge in [0.1, 0.15) is 0 Å². The van der Waals surface area contributed by atoms with Crippen molar-refractivity contribution >= 4 is 5.96 Å². The highest BCUT2D eigenvalue weighted by Crippen LogP contribution is 2.30. The summed E-state index contributed by atoms with van der Waals surface area (Å²) in [4.78, 5) is 6.72. The Balaban J connectivity index is 3.25. The van der Waals surface area contributed by atoms with Crippen LogP contribution in [0.3, 0.4) is 0 Å². The normalized spacial score (nSPS) is 23.0. The summed E-state index contributed by atoms with van der Waals surface area (Å²) in [5.74, 6) is 6.59.